The van der Waals surface area contributed by atoms with Crippen molar-refractivity contribution in [2.75, 3.05) is 20.7 Å². The maximum Gasteiger partial charge on any atom is 0.145 e. The molecule has 1 saturated heterocycles. The summed E-state index contributed by atoms with van der Waals surface area (Å²) in [6.07, 6.45) is 8.28. The van der Waals surface area contributed by atoms with Crippen LogP contribution in [0, 0.1) is 0 Å². The number of imidazole rings is 1. The molecule has 28 heavy (non-hydrogen) atoms. The fourth-order valence-corrected chi connectivity index (χ4v) is 3.57. The molecule has 1 aliphatic rings. The maximum atomic E-state index is 11.2. The second kappa shape index (κ2) is 9.17. The van der Waals surface area contributed by atoms with Crippen molar-refractivity contribution >= 4 is 22.9 Å². The summed E-state index contributed by atoms with van der Waals surface area (Å²) in [7, 11) is 3.93. The number of ether oxygens (including phenoxy) is 1. The van der Waals surface area contributed by atoms with Crippen LogP contribution in [0.3, 0.4) is 0 Å². The fourth-order valence-electron chi connectivity index (χ4n) is 3.57. The number of allylic oxidation sites excluding steroid dienone is 3. The second-order valence-electron chi connectivity index (χ2n) is 7.62. The summed E-state index contributed by atoms with van der Waals surface area (Å²) in [5.74, 6) is 0.841. The lowest BCUT2D eigenvalue weighted by Crippen LogP contribution is -2.25. The minimum atomic E-state index is 0.170. The SMILES string of the molecule is C/C(C=O)=C/C(=C\N(C)C)c1nc2ccc(CN)cc2n1CC1CCCCO1. The lowest BCUT2D eigenvalue weighted by Gasteiger charge is -2.24. The van der Waals surface area contributed by atoms with Crippen LogP contribution in [0.5, 0.6) is 0 Å². The Hall–Kier alpha value is -2.44. The molecule has 2 N–H and O–H groups in total. The highest BCUT2D eigenvalue weighted by molar-refractivity contribution is 5.85. The van der Waals surface area contributed by atoms with E-state index in [-0.39, 0.29) is 6.10 Å². The molecule has 2 heterocycles. The van der Waals surface area contributed by atoms with E-state index in [0.717, 1.165) is 60.3 Å². The topological polar surface area (TPSA) is 73.4 Å². The number of benzene rings is 1. The van der Waals surface area contributed by atoms with Gasteiger partial charge in [0.1, 0.15) is 12.1 Å². The monoisotopic (exact) mass is 382 g/mol. The summed E-state index contributed by atoms with van der Waals surface area (Å²) in [6.45, 7) is 3.84. The second-order valence-corrected chi connectivity index (χ2v) is 7.62. The molecule has 3 rings (SSSR count). The molecule has 1 aromatic carbocycles. The van der Waals surface area contributed by atoms with Crippen LogP contribution in [-0.2, 0) is 22.6 Å². The van der Waals surface area contributed by atoms with E-state index in [4.69, 9.17) is 15.5 Å². The number of carbonyl (C=O) groups excluding carboxylic acids is 1. The van der Waals surface area contributed by atoms with Crippen molar-refractivity contribution in [3.63, 3.8) is 0 Å². The van der Waals surface area contributed by atoms with Crippen molar-refractivity contribution in [1.29, 1.82) is 0 Å². The largest absolute Gasteiger partial charge is 0.383 e. The lowest BCUT2D eigenvalue weighted by molar-refractivity contribution is -0.104. The van der Waals surface area contributed by atoms with Crippen molar-refractivity contribution in [3.8, 4) is 0 Å². The summed E-state index contributed by atoms with van der Waals surface area (Å²) >= 11 is 0. The number of nitrogens with zero attached hydrogens (tertiary/aromatic N) is 3. The Morgan fingerprint density at radius 3 is 2.86 bits per heavy atom. The minimum absolute atomic E-state index is 0.170. The number of rotatable bonds is 7. The molecular formula is C22H30N4O2. The molecule has 6 nitrogen and oxygen atoms in total. The summed E-state index contributed by atoms with van der Waals surface area (Å²) in [5, 5.41) is 0. The van der Waals surface area contributed by atoms with Gasteiger partial charge in [-0.05, 0) is 55.5 Å². The highest BCUT2D eigenvalue weighted by atomic mass is 16.5. The molecule has 1 aliphatic heterocycles. The van der Waals surface area contributed by atoms with Crippen molar-refractivity contribution in [2.45, 2.75) is 45.4 Å². The van der Waals surface area contributed by atoms with Gasteiger partial charge in [-0.25, -0.2) is 4.98 Å². The van der Waals surface area contributed by atoms with E-state index in [0.29, 0.717) is 12.1 Å². The lowest BCUT2D eigenvalue weighted by atomic mass is 10.1. The molecule has 6 heteroatoms. The molecule has 1 aromatic heterocycles. The predicted molar refractivity (Wildman–Crippen MR) is 113 cm³/mol. The predicted octanol–water partition coefficient (Wildman–Crippen LogP) is 3.11. The van der Waals surface area contributed by atoms with Crippen LogP contribution in [0.15, 0.2) is 36.0 Å². The zero-order valence-corrected chi connectivity index (χ0v) is 17.0. The first-order chi connectivity index (χ1) is 13.5. The number of nitrogens with two attached hydrogens (primary N) is 1. The van der Waals surface area contributed by atoms with E-state index < -0.39 is 0 Å². The van der Waals surface area contributed by atoms with Crippen LogP contribution < -0.4 is 5.73 Å². The van der Waals surface area contributed by atoms with E-state index in [2.05, 4.69) is 10.6 Å². The van der Waals surface area contributed by atoms with Crippen molar-refractivity contribution in [3.05, 3.63) is 47.4 Å². The third kappa shape index (κ3) is 4.69. The van der Waals surface area contributed by atoms with Crippen LogP contribution in [-0.4, -0.2) is 47.5 Å². The van der Waals surface area contributed by atoms with Gasteiger partial charge in [-0.3, -0.25) is 4.79 Å². The molecule has 0 amide bonds. The number of aldehydes is 1. The average molecular weight is 383 g/mol. The molecule has 0 spiro atoms. The molecule has 0 saturated carbocycles. The Morgan fingerprint density at radius 1 is 1.39 bits per heavy atom. The van der Waals surface area contributed by atoms with Gasteiger partial charge in [0.15, 0.2) is 0 Å². The van der Waals surface area contributed by atoms with E-state index in [1.807, 2.05) is 43.4 Å². The van der Waals surface area contributed by atoms with Crippen molar-refractivity contribution < 1.29 is 9.53 Å². The minimum Gasteiger partial charge on any atom is -0.383 e. The molecular weight excluding hydrogens is 352 g/mol. The molecule has 0 aliphatic carbocycles. The number of fused-ring (bicyclic) bond motifs is 1. The standard InChI is InChI=1S/C22H30N4O2/c1-16(15-27)10-18(13-25(2)3)22-24-20-8-7-17(12-23)11-21(20)26(22)14-19-6-4-5-9-28-19/h7-8,10-11,13,15,19H,4-6,9,12,14,23H2,1-3H3/b16-10-,18-13+. The van der Waals surface area contributed by atoms with Gasteiger partial charge in [0.05, 0.1) is 23.7 Å². The Kier molecular flexibility index (Phi) is 6.65. The summed E-state index contributed by atoms with van der Waals surface area (Å²) in [6, 6.07) is 6.14. The summed E-state index contributed by atoms with van der Waals surface area (Å²) in [4.78, 5) is 18.1. The number of aromatic nitrogens is 2. The molecule has 1 unspecified atom stereocenters. The van der Waals surface area contributed by atoms with Gasteiger partial charge in [-0.15, -0.1) is 0 Å². The van der Waals surface area contributed by atoms with Crippen LogP contribution in [0.1, 0.15) is 37.6 Å². The smallest absolute Gasteiger partial charge is 0.145 e. The van der Waals surface area contributed by atoms with Gasteiger partial charge in [0.25, 0.3) is 0 Å². The maximum absolute atomic E-state index is 11.2. The average Bonchev–Trinajstić information content (AvgIpc) is 3.05. The zero-order valence-electron chi connectivity index (χ0n) is 17.0. The van der Waals surface area contributed by atoms with Gasteiger partial charge < -0.3 is 19.9 Å². The van der Waals surface area contributed by atoms with Crippen LogP contribution in [0.4, 0.5) is 0 Å². The van der Waals surface area contributed by atoms with E-state index in [9.17, 15) is 4.79 Å². The van der Waals surface area contributed by atoms with Crippen LogP contribution >= 0.6 is 0 Å². The fraction of sp³-hybridized carbons (Fsp3) is 0.455. The Morgan fingerprint density at radius 2 is 2.21 bits per heavy atom. The molecule has 2 aromatic rings. The summed E-state index contributed by atoms with van der Waals surface area (Å²) in [5.41, 5.74) is 10.5. The third-order valence-electron chi connectivity index (χ3n) is 4.93. The van der Waals surface area contributed by atoms with E-state index in [1.54, 1.807) is 6.92 Å². The number of hydrogen-bond acceptors (Lipinski definition) is 5. The van der Waals surface area contributed by atoms with Gasteiger partial charge in [-0.1, -0.05) is 6.07 Å². The molecule has 0 radical (unpaired) electrons. The normalized spacial score (nSPS) is 18.5. The van der Waals surface area contributed by atoms with E-state index >= 15 is 0 Å². The highest BCUT2D eigenvalue weighted by Gasteiger charge is 2.20. The van der Waals surface area contributed by atoms with Gasteiger partial charge in [0, 0.05) is 39.0 Å². The van der Waals surface area contributed by atoms with Crippen molar-refractivity contribution in [2.24, 2.45) is 5.73 Å². The summed E-state index contributed by atoms with van der Waals surface area (Å²) < 4.78 is 8.22. The first-order valence-electron chi connectivity index (χ1n) is 9.84. The first-order valence-corrected chi connectivity index (χ1v) is 9.84. The first kappa shape index (κ1) is 20.3. The van der Waals surface area contributed by atoms with Crippen LogP contribution in [0.2, 0.25) is 0 Å². The van der Waals surface area contributed by atoms with Gasteiger partial charge >= 0.3 is 0 Å². The molecule has 1 atom stereocenters. The Labute approximate surface area is 166 Å². The zero-order chi connectivity index (χ0) is 20.1. The molecule has 150 valence electrons. The number of carbonyl (C=O) groups is 1. The van der Waals surface area contributed by atoms with Crippen LogP contribution in [0.25, 0.3) is 16.6 Å². The van der Waals surface area contributed by atoms with Gasteiger partial charge in [0.2, 0.25) is 0 Å². The Bertz CT molecular complexity index is 889. The third-order valence-corrected chi connectivity index (χ3v) is 4.93. The highest BCUT2D eigenvalue weighted by Crippen LogP contribution is 2.27. The van der Waals surface area contributed by atoms with E-state index in [1.165, 1.54) is 6.42 Å². The number of hydrogen-bond donors (Lipinski definition) is 1. The Balaban J connectivity index is 2.15. The molecule has 0 bridgehead atoms. The van der Waals surface area contributed by atoms with Gasteiger partial charge in [-0.2, -0.15) is 0 Å². The van der Waals surface area contributed by atoms with Crippen molar-refractivity contribution in [1.82, 2.24) is 14.5 Å². The molecule has 1 fully saturated rings. The quantitative estimate of drug-likeness (QED) is 0.452.